The zero-order valence-electron chi connectivity index (χ0n) is 32.7. The van der Waals surface area contributed by atoms with Crippen molar-refractivity contribution in [1.82, 2.24) is 19.9 Å². The van der Waals surface area contributed by atoms with Gasteiger partial charge in [0.1, 0.15) is 29.5 Å². The number of para-hydroxylation sites is 1. The molecule has 2 saturated carbocycles. The maximum atomic E-state index is 15.2. The summed E-state index contributed by atoms with van der Waals surface area (Å²) in [5.41, 5.74) is -1.26. The molecule has 1 saturated heterocycles. The summed E-state index contributed by atoms with van der Waals surface area (Å²) in [6.45, 7) is 7.71. The third kappa shape index (κ3) is 7.90. The normalized spacial score (nSPS) is 28.5. The minimum atomic E-state index is -4.03. The Morgan fingerprint density at radius 2 is 1.75 bits per heavy atom. The summed E-state index contributed by atoms with van der Waals surface area (Å²) < 4.78 is 40.0. The van der Waals surface area contributed by atoms with Crippen molar-refractivity contribution >= 4 is 50.3 Å². The largest absolute Gasteiger partial charge is 0.492 e. The van der Waals surface area contributed by atoms with E-state index in [-0.39, 0.29) is 31.2 Å². The number of amides is 4. The lowest BCUT2D eigenvalue weighted by Gasteiger charge is -2.37. The van der Waals surface area contributed by atoms with Crippen LogP contribution in [0.25, 0.3) is 10.8 Å². The van der Waals surface area contributed by atoms with Crippen molar-refractivity contribution in [1.29, 1.82) is 0 Å². The van der Waals surface area contributed by atoms with Gasteiger partial charge < -0.3 is 24.8 Å². The van der Waals surface area contributed by atoms with Crippen molar-refractivity contribution in [2.45, 2.75) is 101 Å². The molecule has 14 nitrogen and oxygen atoms in total. The Hall–Kier alpha value is -5.18. The van der Waals surface area contributed by atoms with Crippen LogP contribution in [-0.2, 0) is 24.4 Å². The molecule has 4 amide bonds. The van der Waals surface area contributed by atoms with Gasteiger partial charge in [0, 0.05) is 28.8 Å². The van der Waals surface area contributed by atoms with Gasteiger partial charge in [0.25, 0.3) is 5.91 Å². The van der Waals surface area contributed by atoms with Crippen molar-refractivity contribution in [2.75, 3.05) is 18.1 Å². The average molecular weight is 802 g/mol. The van der Waals surface area contributed by atoms with Gasteiger partial charge in [-0.05, 0) is 82.4 Å². The van der Waals surface area contributed by atoms with E-state index in [9.17, 15) is 27.9 Å². The quantitative estimate of drug-likeness (QED) is 0.236. The minimum absolute atomic E-state index is 0.00865. The van der Waals surface area contributed by atoms with Crippen molar-refractivity contribution < 1.29 is 42.2 Å². The Kier molecular flexibility index (Phi) is 11.0. The Morgan fingerprint density at radius 3 is 2.44 bits per heavy atom. The number of fused-ring (bicyclic) bond motifs is 3. The van der Waals surface area contributed by atoms with Gasteiger partial charge in [-0.2, -0.15) is 0 Å². The number of rotatable bonds is 9. The fraction of sp³-hybridized carbons (Fsp3) is 0.500. The highest BCUT2D eigenvalue weighted by atomic mass is 32.2. The number of sulfonamides is 1. The number of hydrogen-bond acceptors (Lipinski definition) is 9. The number of nitrogens with zero attached hydrogens (tertiary/aromatic N) is 3. The first-order valence-corrected chi connectivity index (χ1v) is 21.3. The predicted octanol–water partition coefficient (Wildman–Crippen LogP) is 5.42. The lowest BCUT2D eigenvalue weighted by Crippen LogP contribution is -2.60. The molecule has 3 fully saturated rings. The number of hydrogen-bond donors (Lipinski definition) is 3. The van der Waals surface area contributed by atoms with Gasteiger partial charge in [-0.15, -0.1) is 0 Å². The Balaban J connectivity index is 1.28. The number of aromatic nitrogens is 1. The Bertz CT molecular complexity index is 2180. The fourth-order valence-electron chi connectivity index (χ4n) is 8.38. The molecule has 57 heavy (non-hydrogen) atoms. The number of carboxylic acid groups (broad SMARTS) is 1. The average Bonchev–Trinajstić information content (AvgIpc) is 4.06. The Morgan fingerprint density at radius 1 is 1.05 bits per heavy atom. The van der Waals surface area contributed by atoms with Crippen molar-refractivity contribution in [3.05, 3.63) is 72.9 Å². The molecule has 3 N–H and O–H groups in total. The molecule has 3 heterocycles. The van der Waals surface area contributed by atoms with E-state index in [0.717, 1.165) is 16.7 Å². The second kappa shape index (κ2) is 15.6. The van der Waals surface area contributed by atoms with Crippen LogP contribution in [0.4, 0.5) is 10.5 Å². The van der Waals surface area contributed by atoms with Crippen LogP contribution < -0.4 is 24.4 Å². The van der Waals surface area contributed by atoms with E-state index in [0.29, 0.717) is 49.1 Å². The summed E-state index contributed by atoms with van der Waals surface area (Å²) in [7, 11) is -4.03. The maximum absolute atomic E-state index is 15.2. The van der Waals surface area contributed by atoms with Crippen LogP contribution in [0.15, 0.2) is 72.9 Å². The van der Waals surface area contributed by atoms with Crippen LogP contribution in [0.2, 0.25) is 0 Å². The zero-order valence-corrected chi connectivity index (χ0v) is 33.5. The third-order valence-electron chi connectivity index (χ3n) is 12.0. The lowest BCUT2D eigenvalue weighted by molar-refractivity contribution is -0.141. The highest BCUT2D eigenvalue weighted by molar-refractivity contribution is 7.91. The van der Waals surface area contributed by atoms with Crippen LogP contribution in [0, 0.1) is 17.8 Å². The number of ether oxygens (including phenoxy) is 2. The molecule has 2 aromatic carbocycles. The Labute approximate surface area is 333 Å². The summed E-state index contributed by atoms with van der Waals surface area (Å²) in [5, 5.41) is 15.0. The molecular formula is C42H51N5O9S. The van der Waals surface area contributed by atoms with Gasteiger partial charge in [-0.3, -0.25) is 24.0 Å². The molecule has 15 heteroatoms. The van der Waals surface area contributed by atoms with Gasteiger partial charge in [-0.1, -0.05) is 62.4 Å². The van der Waals surface area contributed by atoms with Gasteiger partial charge in [-0.25, -0.2) is 18.2 Å². The van der Waals surface area contributed by atoms with E-state index >= 15 is 4.79 Å². The molecule has 304 valence electrons. The summed E-state index contributed by atoms with van der Waals surface area (Å²) in [6.07, 6.45) is 6.16. The molecule has 0 radical (unpaired) electrons. The SMILES string of the molecule is CCOc1cnc(O[C@@H]2C[C@H]3C(=O)N[C@]4(C(=O)NS(=O)(=O)C5(C)CC5)C[C@H]4C=CCC[C@@H](C)C[C@@H](C)[C@H](N(C(=O)O)c4ccccc4)C(=O)N3C2)c2ccccc12. The van der Waals surface area contributed by atoms with Gasteiger partial charge >= 0.3 is 6.09 Å². The summed E-state index contributed by atoms with van der Waals surface area (Å²) in [6, 6.07) is 13.4. The van der Waals surface area contributed by atoms with Gasteiger partial charge in [0.15, 0.2) is 0 Å². The van der Waals surface area contributed by atoms with Crippen LogP contribution >= 0.6 is 0 Å². The molecular weight excluding hydrogens is 751 g/mol. The summed E-state index contributed by atoms with van der Waals surface area (Å²) >= 11 is 0. The van der Waals surface area contributed by atoms with Crippen molar-refractivity contribution in [2.24, 2.45) is 17.8 Å². The number of carbonyl (C=O) groups is 4. The fourth-order valence-corrected chi connectivity index (χ4v) is 9.70. The number of carbonyl (C=O) groups excluding carboxylic acids is 3. The number of anilines is 1. The number of allylic oxidation sites excluding steroid dienone is 1. The lowest BCUT2D eigenvalue weighted by atomic mass is 9.87. The summed E-state index contributed by atoms with van der Waals surface area (Å²) in [5.74, 6) is -2.10. The van der Waals surface area contributed by atoms with Crippen LogP contribution in [0.3, 0.4) is 0 Å². The number of benzene rings is 2. The topological polar surface area (TPSA) is 185 Å². The van der Waals surface area contributed by atoms with E-state index in [2.05, 4.69) is 21.9 Å². The molecule has 4 aliphatic rings. The van der Waals surface area contributed by atoms with Crippen molar-refractivity contribution in [3.63, 3.8) is 0 Å². The highest BCUT2D eigenvalue weighted by Crippen LogP contribution is 2.48. The standard InChI is InChI=1S/C42H51N5O9S/c1-5-55-34-24-43-37(32-18-12-11-17-31(32)34)56-30-22-33-36(48)44-42(39(50)45-57(53,54)41(4)19-20-41)23-28(42)14-10-9-13-26(2)21-27(3)35(38(49)46(33)25-30)47(40(51)52)29-15-7-6-8-16-29/h6-8,10-12,14-18,24,26-28,30,33,35H,5,9,13,19-23,25H2,1-4H3,(H,44,48)(H,45,50)(H,51,52)/t26-,27-,28-,30-,33+,35+,42-/m1/s1. The smallest absolute Gasteiger partial charge is 0.412 e. The van der Waals surface area contributed by atoms with Gasteiger partial charge in [0.2, 0.25) is 27.7 Å². The molecule has 2 aliphatic carbocycles. The molecule has 2 aliphatic heterocycles. The van der Waals surface area contributed by atoms with E-state index in [4.69, 9.17) is 9.47 Å². The first-order valence-electron chi connectivity index (χ1n) is 19.8. The third-order valence-corrected chi connectivity index (χ3v) is 14.2. The number of nitrogens with one attached hydrogen (secondary N) is 2. The second-order valence-corrected chi connectivity index (χ2v) is 18.5. The predicted molar refractivity (Wildman–Crippen MR) is 213 cm³/mol. The zero-order chi connectivity index (χ0) is 40.7. The molecule has 7 rings (SSSR count). The maximum Gasteiger partial charge on any atom is 0.412 e. The van der Waals surface area contributed by atoms with Crippen molar-refractivity contribution in [3.8, 4) is 11.6 Å². The van der Waals surface area contributed by atoms with Crippen LogP contribution in [0.1, 0.15) is 72.6 Å². The van der Waals surface area contributed by atoms with Gasteiger partial charge in [0.05, 0.1) is 24.1 Å². The number of pyridine rings is 1. The molecule has 1 aromatic heterocycles. The van der Waals surface area contributed by atoms with E-state index in [1.807, 2.05) is 50.3 Å². The summed E-state index contributed by atoms with van der Waals surface area (Å²) in [4.78, 5) is 63.9. The van der Waals surface area contributed by atoms with E-state index < -0.39 is 74.1 Å². The first-order chi connectivity index (χ1) is 27.2. The minimum Gasteiger partial charge on any atom is -0.492 e. The first kappa shape index (κ1) is 40.0. The molecule has 0 unspecified atom stereocenters. The van der Waals surface area contributed by atoms with Crippen LogP contribution in [-0.4, -0.2) is 88.8 Å². The molecule has 0 bridgehead atoms. The van der Waals surface area contributed by atoms with E-state index in [1.165, 1.54) is 4.90 Å². The highest BCUT2D eigenvalue weighted by Gasteiger charge is 2.63. The molecule has 7 atom stereocenters. The van der Waals surface area contributed by atoms with E-state index in [1.54, 1.807) is 43.5 Å². The monoisotopic (exact) mass is 801 g/mol. The molecule has 3 aromatic rings. The second-order valence-electron chi connectivity index (χ2n) is 16.3. The molecule has 0 spiro atoms. The van der Waals surface area contributed by atoms with Crippen LogP contribution in [0.5, 0.6) is 11.6 Å².